The van der Waals surface area contributed by atoms with Gasteiger partial charge in [0.1, 0.15) is 6.61 Å². The minimum atomic E-state index is 0.483. The van der Waals surface area contributed by atoms with Crippen LogP contribution < -0.4 is 9.47 Å². The van der Waals surface area contributed by atoms with Gasteiger partial charge in [0.05, 0.1) is 7.11 Å². The van der Waals surface area contributed by atoms with Crippen LogP contribution in [0.4, 0.5) is 0 Å². The van der Waals surface area contributed by atoms with E-state index in [2.05, 4.69) is 61.2 Å². The summed E-state index contributed by atoms with van der Waals surface area (Å²) in [6.07, 6.45) is 5.83. The lowest BCUT2D eigenvalue weighted by atomic mass is 9.91. The molecule has 0 amide bonds. The zero-order chi connectivity index (χ0) is 20.5. The molecule has 0 N–H and O–H groups in total. The molecule has 4 heteroatoms. The molecule has 156 valence electrons. The molecule has 0 fully saturated rings. The average Bonchev–Trinajstić information content (AvgIpc) is 3.30. The topological polar surface area (TPSA) is 21.7 Å². The third-order valence-electron chi connectivity index (χ3n) is 5.61. The number of benzene rings is 2. The summed E-state index contributed by atoms with van der Waals surface area (Å²) in [7, 11) is 1.73. The fourth-order valence-electron chi connectivity index (χ4n) is 3.81. The Bertz CT molecular complexity index is 774. The van der Waals surface area contributed by atoms with Crippen molar-refractivity contribution < 1.29 is 9.47 Å². The second-order valence-electron chi connectivity index (χ2n) is 7.33. The molecule has 3 rings (SSSR count). The van der Waals surface area contributed by atoms with Crippen LogP contribution in [0.1, 0.15) is 37.3 Å². The summed E-state index contributed by atoms with van der Waals surface area (Å²) >= 11 is 2.04. The van der Waals surface area contributed by atoms with Crippen molar-refractivity contribution in [3.63, 3.8) is 0 Å². The van der Waals surface area contributed by atoms with Crippen LogP contribution in [0.2, 0.25) is 0 Å². The average molecular weight is 412 g/mol. The van der Waals surface area contributed by atoms with Gasteiger partial charge in [-0.3, -0.25) is 0 Å². The molecule has 2 atom stereocenters. The lowest BCUT2D eigenvalue weighted by Gasteiger charge is -2.27. The van der Waals surface area contributed by atoms with Gasteiger partial charge >= 0.3 is 0 Å². The zero-order valence-electron chi connectivity index (χ0n) is 17.8. The molecule has 1 aliphatic rings. The first-order valence-electron chi connectivity index (χ1n) is 10.6. The van der Waals surface area contributed by atoms with Crippen LogP contribution in [0.15, 0.2) is 60.7 Å². The van der Waals surface area contributed by atoms with Gasteiger partial charge in [0.15, 0.2) is 11.5 Å². The van der Waals surface area contributed by atoms with E-state index in [-0.39, 0.29) is 0 Å². The molecule has 0 saturated carbocycles. The number of hydrogen-bond acceptors (Lipinski definition) is 4. The maximum absolute atomic E-state index is 6.05. The van der Waals surface area contributed by atoms with Crippen LogP contribution in [0, 0.1) is 0 Å². The van der Waals surface area contributed by atoms with Crippen molar-refractivity contribution in [2.75, 3.05) is 32.5 Å². The van der Waals surface area contributed by atoms with E-state index >= 15 is 0 Å². The smallest absolute Gasteiger partial charge is 0.161 e. The van der Waals surface area contributed by atoms with Gasteiger partial charge in [0, 0.05) is 16.9 Å². The van der Waals surface area contributed by atoms with Gasteiger partial charge in [0.25, 0.3) is 0 Å². The molecule has 0 bridgehead atoms. The Morgan fingerprint density at radius 1 is 1.07 bits per heavy atom. The van der Waals surface area contributed by atoms with E-state index in [4.69, 9.17) is 9.47 Å². The van der Waals surface area contributed by atoms with Gasteiger partial charge in [-0.15, -0.1) is 11.8 Å². The Morgan fingerprint density at radius 3 is 2.52 bits per heavy atom. The summed E-state index contributed by atoms with van der Waals surface area (Å²) in [5, 5.41) is 0.534. The van der Waals surface area contributed by atoms with Crippen molar-refractivity contribution in [3.05, 3.63) is 71.8 Å². The highest BCUT2D eigenvalue weighted by Crippen LogP contribution is 2.39. The number of rotatable bonds is 11. The number of thioether (sulfide) groups is 1. The Morgan fingerprint density at radius 2 is 1.86 bits per heavy atom. The molecule has 29 heavy (non-hydrogen) atoms. The SMILES string of the molecule is CCN(CC)CCC(c1ccc(OCc2ccccc2)c(OC)c1)C1C=CCS1. The second-order valence-corrected chi connectivity index (χ2v) is 8.54. The Labute approximate surface area is 180 Å². The van der Waals surface area contributed by atoms with Crippen LogP contribution in [0.25, 0.3) is 0 Å². The molecule has 0 spiro atoms. The van der Waals surface area contributed by atoms with Crippen molar-refractivity contribution >= 4 is 11.8 Å². The number of nitrogens with zero attached hydrogens (tertiary/aromatic N) is 1. The summed E-state index contributed by atoms with van der Waals surface area (Å²) in [6.45, 7) is 8.36. The maximum Gasteiger partial charge on any atom is 0.161 e. The predicted molar refractivity (Wildman–Crippen MR) is 124 cm³/mol. The molecule has 0 aromatic heterocycles. The molecule has 2 unspecified atom stereocenters. The Hall–Kier alpha value is -1.91. The quantitative estimate of drug-likeness (QED) is 0.438. The van der Waals surface area contributed by atoms with Crippen LogP contribution in [0.5, 0.6) is 11.5 Å². The fourth-order valence-corrected chi connectivity index (χ4v) is 5.01. The maximum atomic E-state index is 6.05. The fraction of sp³-hybridized carbons (Fsp3) is 0.440. The predicted octanol–water partition coefficient (Wildman–Crippen LogP) is 5.76. The minimum absolute atomic E-state index is 0.483. The van der Waals surface area contributed by atoms with E-state index in [1.807, 2.05) is 30.0 Å². The second kappa shape index (κ2) is 11.3. The van der Waals surface area contributed by atoms with E-state index in [9.17, 15) is 0 Å². The standard InChI is InChI=1S/C25H33NO2S/c1-4-26(5-2)16-15-22(25-12-9-17-29-25)21-13-14-23(24(18-21)27-3)28-19-20-10-7-6-8-11-20/h6-14,18,22,25H,4-5,15-17,19H2,1-3H3. The third kappa shape index (κ3) is 6.03. The monoisotopic (exact) mass is 411 g/mol. The first-order valence-corrected chi connectivity index (χ1v) is 11.6. The highest BCUT2D eigenvalue weighted by atomic mass is 32.2. The lowest BCUT2D eigenvalue weighted by Crippen LogP contribution is -2.27. The van der Waals surface area contributed by atoms with Crippen LogP contribution >= 0.6 is 11.8 Å². The van der Waals surface area contributed by atoms with Crippen LogP contribution in [-0.4, -0.2) is 42.6 Å². The van der Waals surface area contributed by atoms with Gasteiger partial charge in [-0.25, -0.2) is 0 Å². The van der Waals surface area contributed by atoms with Gasteiger partial charge in [0.2, 0.25) is 0 Å². The molecule has 3 nitrogen and oxygen atoms in total. The largest absolute Gasteiger partial charge is 0.493 e. The summed E-state index contributed by atoms with van der Waals surface area (Å²) < 4.78 is 11.7. The number of hydrogen-bond donors (Lipinski definition) is 0. The molecule has 1 heterocycles. The summed E-state index contributed by atoms with van der Waals surface area (Å²) in [5.74, 6) is 3.22. The van der Waals surface area contributed by atoms with E-state index < -0.39 is 0 Å². The normalized spacial score (nSPS) is 16.9. The molecule has 2 aromatic carbocycles. The van der Waals surface area contributed by atoms with Crippen molar-refractivity contribution in [2.24, 2.45) is 0 Å². The Balaban J connectivity index is 1.75. The molecule has 0 saturated heterocycles. The van der Waals surface area contributed by atoms with E-state index in [1.54, 1.807) is 7.11 Å². The Kier molecular flexibility index (Phi) is 8.51. The number of ether oxygens (including phenoxy) is 2. The van der Waals surface area contributed by atoms with E-state index in [1.165, 1.54) is 5.56 Å². The van der Waals surface area contributed by atoms with Gasteiger partial charge < -0.3 is 14.4 Å². The van der Waals surface area contributed by atoms with Gasteiger partial charge in [-0.05, 0) is 49.3 Å². The van der Waals surface area contributed by atoms with Crippen molar-refractivity contribution in [1.82, 2.24) is 4.90 Å². The summed E-state index contributed by atoms with van der Waals surface area (Å²) in [5.41, 5.74) is 2.49. The summed E-state index contributed by atoms with van der Waals surface area (Å²) in [6, 6.07) is 16.7. The molecular formula is C25H33NO2S. The first kappa shape index (κ1) is 21.8. The molecule has 0 radical (unpaired) electrons. The first-order chi connectivity index (χ1) is 14.2. The van der Waals surface area contributed by atoms with Crippen LogP contribution in [0.3, 0.4) is 0 Å². The van der Waals surface area contributed by atoms with Gasteiger partial charge in [-0.2, -0.15) is 0 Å². The minimum Gasteiger partial charge on any atom is -0.493 e. The van der Waals surface area contributed by atoms with E-state index in [0.29, 0.717) is 17.8 Å². The van der Waals surface area contributed by atoms with Crippen molar-refractivity contribution in [2.45, 2.75) is 38.0 Å². The highest BCUT2D eigenvalue weighted by molar-refractivity contribution is 8.00. The number of methoxy groups -OCH3 is 1. The molecule has 1 aliphatic heterocycles. The summed E-state index contributed by atoms with van der Waals surface area (Å²) in [4.78, 5) is 2.50. The van der Waals surface area contributed by atoms with Gasteiger partial charge in [-0.1, -0.05) is 62.4 Å². The van der Waals surface area contributed by atoms with Crippen molar-refractivity contribution in [3.8, 4) is 11.5 Å². The molecule has 2 aromatic rings. The van der Waals surface area contributed by atoms with E-state index in [0.717, 1.165) is 48.9 Å². The lowest BCUT2D eigenvalue weighted by molar-refractivity contribution is 0.283. The zero-order valence-corrected chi connectivity index (χ0v) is 18.7. The van der Waals surface area contributed by atoms with Crippen LogP contribution in [-0.2, 0) is 6.61 Å². The van der Waals surface area contributed by atoms with Crippen molar-refractivity contribution in [1.29, 1.82) is 0 Å². The highest BCUT2D eigenvalue weighted by Gasteiger charge is 2.25. The molecule has 0 aliphatic carbocycles. The third-order valence-corrected chi connectivity index (χ3v) is 6.87. The molecular weight excluding hydrogens is 378 g/mol.